The van der Waals surface area contributed by atoms with Crippen LogP contribution in [0.5, 0.6) is 0 Å². The van der Waals surface area contributed by atoms with Crippen molar-refractivity contribution in [3.63, 3.8) is 0 Å². The van der Waals surface area contributed by atoms with E-state index in [0.29, 0.717) is 10.4 Å². The highest BCUT2D eigenvalue weighted by molar-refractivity contribution is 7.12. The van der Waals surface area contributed by atoms with Crippen LogP contribution in [0, 0.1) is 6.92 Å². The van der Waals surface area contributed by atoms with E-state index in [1.807, 2.05) is 19.1 Å². The number of carboxylic acid groups (broad SMARTS) is 1. The summed E-state index contributed by atoms with van der Waals surface area (Å²) < 4.78 is 0. The minimum Gasteiger partial charge on any atom is -0.477 e. The highest BCUT2D eigenvalue weighted by Gasteiger charge is 2.15. The molecule has 76 valence electrons. The molecule has 0 atom stereocenters. The monoisotopic (exact) mass is 219 g/mol. The van der Waals surface area contributed by atoms with Crippen molar-refractivity contribution in [2.24, 2.45) is 0 Å². The minimum absolute atomic E-state index is 0.344. The SMILES string of the molecule is Cc1cccnc1-c1ccsc1C(=O)O. The zero-order chi connectivity index (χ0) is 10.8. The molecule has 3 nitrogen and oxygen atoms in total. The molecule has 0 amide bonds. The zero-order valence-corrected chi connectivity index (χ0v) is 8.91. The quantitative estimate of drug-likeness (QED) is 0.844. The predicted molar refractivity (Wildman–Crippen MR) is 59.2 cm³/mol. The predicted octanol–water partition coefficient (Wildman–Crippen LogP) is 2.82. The molecule has 2 rings (SSSR count). The van der Waals surface area contributed by atoms with Gasteiger partial charge >= 0.3 is 5.97 Å². The number of aryl methyl sites for hydroxylation is 1. The van der Waals surface area contributed by atoms with Gasteiger partial charge in [0.05, 0.1) is 5.69 Å². The van der Waals surface area contributed by atoms with E-state index >= 15 is 0 Å². The van der Waals surface area contributed by atoms with Crippen molar-refractivity contribution in [2.45, 2.75) is 6.92 Å². The molecule has 0 fully saturated rings. The lowest BCUT2D eigenvalue weighted by Gasteiger charge is -2.02. The molecule has 0 aliphatic heterocycles. The summed E-state index contributed by atoms with van der Waals surface area (Å²) in [5.41, 5.74) is 2.43. The number of thiophene rings is 1. The third-order valence-electron chi connectivity index (χ3n) is 2.12. The topological polar surface area (TPSA) is 50.2 Å². The van der Waals surface area contributed by atoms with Gasteiger partial charge in [0.1, 0.15) is 4.88 Å². The van der Waals surface area contributed by atoms with Crippen LogP contribution in [0.2, 0.25) is 0 Å². The molecular weight excluding hydrogens is 210 g/mol. The van der Waals surface area contributed by atoms with E-state index in [-0.39, 0.29) is 0 Å². The van der Waals surface area contributed by atoms with Gasteiger partial charge in [-0.25, -0.2) is 4.79 Å². The summed E-state index contributed by atoms with van der Waals surface area (Å²) in [5.74, 6) is -0.898. The molecule has 0 unspecified atom stereocenters. The van der Waals surface area contributed by atoms with Crippen LogP contribution >= 0.6 is 11.3 Å². The van der Waals surface area contributed by atoms with E-state index in [4.69, 9.17) is 5.11 Å². The van der Waals surface area contributed by atoms with Gasteiger partial charge in [-0.15, -0.1) is 11.3 Å². The van der Waals surface area contributed by atoms with Crippen LogP contribution < -0.4 is 0 Å². The Kier molecular flexibility index (Phi) is 2.51. The standard InChI is InChI=1S/C11H9NO2S/c1-7-3-2-5-12-9(7)8-4-6-15-10(8)11(13)14/h2-6H,1H3,(H,13,14). The summed E-state index contributed by atoms with van der Waals surface area (Å²) in [5, 5.41) is 10.8. The molecule has 0 saturated heterocycles. The van der Waals surface area contributed by atoms with Gasteiger partial charge in [0.25, 0.3) is 0 Å². The van der Waals surface area contributed by atoms with Crippen molar-refractivity contribution in [1.82, 2.24) is 4.98 Å². The zero-order valence-electron chi connectivity index (χ0n) is 8.10. The number of aromatic carboxylic acids is 1. The van der Waals surface area contributed by atoms with Gasteiger partial charge in [0.15, 0.2) is 0 Å². The first kappa shape index (κ1) is 9.86. The summed E-state index contributed by atoms with van der Waals surface area (Å²) in [6.45, 7) is 1.92. The summed E-state index contributed by atoms with van der Waals surface area (Å²) in [4.78, 5) is 15.5. The van der Waals surface area contributed by atoms with Crippen LogP contribution in [-0.2, 0) is 0 Å². The van der Waals surface area contributed by atoms with Gasteiger partial charge in [-0.1, -0.05) is 6.07 Å². The normalized spacial score (nSPS) is 10.2. The number of pyridine rings is 1. The molecule has 1 N–H and O–H groups in total. The Labute approximate surface area is 91.0 Å². The fourth-order valence-electron chi connectivity index (χ4n) is 1.43. The molecule has 2 aromatic heterocycles. The van der Waals surface area contributed by atoms with Crippen LogP contribution in [0.15, 0.2) is 29.8 Å². The molecule has 2 heterocycles. The summed E-state index contributed by atoms with van der Waals surface area (Å²) in [6, 6.07) is 5.56. The molecule has 0 aromatic carbocycles. The van der Waals surface area contributed by atoms with Gasteiger partial charge < -0.3 is 5.11 Å². The Balaban J connectivity index is 2.59. The third kappa shape index (κ3) is 1.76. The number of nitrogens with zero attached hydrogens (tertiary/aromatic N) is 1. The highest BCUT2D eigenvalue weighted by Crippen LogP contribution is 2.28. The van der Waals surface area contributed by atoms with E-state index in [0.717, 1.165) is 11.3 Å². The molecule has 0 radical (unpaired) electrons. The van der Waals surface area contributed by atoms with Crippen molar-refractivity contribution < 1.29 is 9.90 Å². The molecular formula is C11H9NO2S. The van der Waals surface area contributed by atoms with E-state index in [1.165, 1.54) is 11.3 Å². The molecule has 2 aromatic rings. The average Bonchev–Trinajstić information content (AvgIpc) is 2.67. The summed E-state index contributed by atoms with van der Waals surface area (Å²) in [6.07, 6.45) is 1.67. The number of hydrogen-bond donors (Lipinski definition) is 1. The minimum atomic E-state index is -0.898. The Morgan fingerprint density at radius 3 is 2.93 bits per heavy atom. The van der Waals surface area contributed by atoms with Gasteiger partial charge in [-0.05, 0) is 30.0 Å². The average molecular weight is 219 g/mol. The van der Waals surface area contributed by atoms with Crippen LogP contribution in [0.4, 0.5) is 0 Å². The number of carboxylic acids is 1. The number of carbonyl (C=O) groups is 1. The molecule has 0 bridgehead atoms. The lowest BCUT2D eigenvalue weighted by molar-refractivity contribution is 0.0703. The van der Waals surface area contributed by atoms with Crippen molar-refractivity contribution >= 4 is 17.3 Å². The second kappa shape index (κ2) is 3.82. The second-order valence-electron chi connectivity index (χ2n) is 3.14. The lowest BCUT2D eigenvalue weighted by Crippen LogP contribution is -1.96. The maximum Gasteiger partial charge on any atom is 0.346 e. The molecule has 4 heteroatoms. The Hall–Kier alpha value is -1.68. The molecule has 0 spiro atoms. The smallest absolute Gasteiger partial charge is 0.346 e. The fraction of sp³-hybridized carbons (Fsp3) is 0.0909. The summed E-state index contributed by atoms with van der Waals surface area (Å²) in [7, 11) is 0. The molecule has 15 heavy (non-hydrogen) atoms. The third-order valence-corrected chi connectivity index (χ3v) is 3.03. The van der Waals surface area contributed by atoms with E-state index in [1.54, 1.807) is 17.6 Å². The van der Waals surface area contributed by atoms with Crippen molar-refractivity contribution in [2.75, 3.05) is 0 Å². The molecule has 0 saturated carbocycles. The van der Waals surface area contributed by atoms with Crippen LogP contribution in [0.25, 0.3) is 11.3 Å². The Morgan fingerprint density at radius 1 is 1.47 bits per heavy atom. The van der Waals surface area contributed by atoms with E-state index < -0.39 is 5.97 Å². The molecule has 0 aliphatic rings. The maximum atomic E-state index is 11.0. The fourth-order valence-corrected chi connectivity index (χ4v) is 2.16. The number of aromatic nitrogens is 1. The highest BCUT2D eigenvalue weighted by atomic mass is 32.1. The van der Waals surface area contributed by atoms with Crippen LogP contribution in [-0.4, -0.2) is 16.1 Å². The Morgan fingerprint density at radius 2 is 2.27 bits per heavy atom. The van der Waals surface area contributed by atoms with E-state index in [9.17, 15) is 4.79 Å². The van der Waals surface area contributed by atoms with Gasteiger partial charge in [-0.3, -0.25) is 4.98 Å². The lowest BCUT2D eigenvalue weighted by atomic mass is 10.1. The van der Waals surface area contributed by atoms with Crippen molar-refractivity contribution in [3.05, 3.63) is 40.2 Å². The van der Waals surface area contributed by atoms with Gasteiger partial charge in [0, 0.05) is 11.8 Å². The van der Waals surface area contributed by atoms with E-state index in [2.05, 4.69) is 4.98 Å². The van der Waals surface area contributed by atoms with Crippen molar-refractivity contribution in [1.29, 1.82) is 0 Å². The van der Waals surface area contributed by atoms with Crippen molar-refractivity contribution in [3.8, 4) is 11.3 Å². The Bertz CT molecular complexity index is 505. The number of rotatable bonds is 2. The first-order valence-electron chi connectivity index (χ1n) is 4.43. The maximum absolute atomic E-state index is 11.0. The molecule has 0 aliphatic carbocycles. The first-order valence-corrected chi connectivity index (χ1v) is 5.31. The van der Waals surface area contributed by atoms with Gasteiger partial charge in [0.2, 0.25) is 0 Å². The summed E-state index contributed by atoms with van der Waals surface area (Å²) >= 11 is 1.22. The second-order valence-corrected chi connectivity index (χ2v) is 4.05. The van der Waals surface area contributed by atoms with Gasteiger partial charge in [-0.2, -0.15) is 0 Å². The number of hydrogen-bond acceptors (Lipinski definition) is 3. The van der Waals surface area contributed by atoms with Crippen LogP contribution in [0.1, 0.15) is 15.2 Å². The largest absolute Gasteiger partial charge is 0.477 e. The van der Waals surface area contributed by atoms with Crippen LogP contribution in [0.3, 0.4) is 0 Å². The first-order chi connectivity index (χ1) is 7.20.